The lowest BCUT2D eigenvalue weighted by Gasteiger charge is -2.15. The molecule has 0 atom stereocenters. The van der Waals surface area contributed by atoms with Crippen molar-refractivity contribution in [3.05, 3.63) is 30.4 Å². The Hall–Kier alpha value is -1.43. The van der Waals surface area contributed by atoms with Crippen molar-refractivity contribution in [2.75, 3.05) is 6.61 Å². The summed E-state index contributed by atoms with van der Waals surface area (Å²) < 4.78 is 45.1. The summed E-state index contributed by atoms with van der Waals surface area (Å²) in [6.07, 6.45) is -4.83. The van der Waals surface area contributed by atoms with E-state index in [1.54, 1.807) is 6.92 Å². The largest absolute Gasteiger partial charge is 0.573 e. The monoisotopic (exact) mass is 235 g/mol. The lowest BCUT2D eigenvalue weighted by molar-refractivity contribution is -0.275. The zero-order valence-electron chi connectivity index (χ0n) is 8.41. The van der Waals surface area contributed by atoms with Gasteiger partial charge in [-0.2, -0.15) is 0 Å². The van der Waals surface area contributed by atoms with Crippen molar-refractivity contribution in [2.24, 2.45) is 0 Å². The summed E-state index contributed by atoms with van der Waals surface area (Å²) in [5.41, 5.74) is -0.0942. The van der Waals surface area contributed by atoms with Crippen LogP contribution in [0.15, 0.2) is 18.2 Å². The molecule has 1 aromatic carbocycles. The van der Waals surface area contributed by atoms with Crippen LogP contribution >= 0.6 is 0 Å². The van der Waals surface area contributed by atoms with Crippen LogP contribution in [0.2, 0.25) is 0 Å². The number of rotatable bonds is 4. The molecular weight excluding hydrogens is 225 g/mol. The number of aliphatic hydroxyl groups excluding tert-OH is 1. The summed E-state index contributed by atoms with van der Waals surface area (Å²) in [5, 5.41) is 8.78. The maximum absolute atomic E-state index is 12.1. The molecule has 0 amide bonds. The van der Waals surface area contributed by atoms with Crippen molar-refractivity contribution >= 4 is 0 Å². The zero-order valence-corrected chi connectivity index (χ0v) is 8.41. The first-order chi connectivity index (χ1) is 7.48. The smallest absolute Gasteiger partial charge is 0.490 e. The lowest BCUT2D eigenvalue weighted by atomic mass is 10.2. The number of ether oxygens (including phenoxy) is 2. The van der Waals surface area contributed by atoms with E-state index in [1.165, 1.54) is 18.2 Å². The molecule has 0 aliphatic heterocycles. The highest BCUT2D eigenvalue weighted by molar-refractivity contribution is 5.49. The molecule has 0 aliphatic carbocycles. The van der Waals surface area contributed by atoms with E-state index in [2.05, 4.69) is 4.74 Å². The number of para-hydroxylation sites is 1. The third-order valence-corrected chi connectivity index (χ3v) is 1.67. The van der Waals surface area contributed by atoms with E-state index in [4.69, 9.17) is 9.84 Å². The fourth-order valence-corrected chi connectivity index (χ4v) is 1.13. The number of halogens is 3. The minimum absolute atomic E-state index is 0.0670. The first-order valence-electron chi connectivity index (χ1n) is 4.47. The molecule has 16 heavy (non-hydrogen) atoms. The van der Waals surface area contributed by atoms with Crippen molar-refractivity contribution < 1.29 is 27.8 Å². The second kappa shape index (κ2) is 5.07. The van der Waals surface area contributed by atoms with Gasteiger partial charge in [0, 0.05) is 5.56 Å². The van der Waals surface area contributed by atoms with Crippen molar-refractivity contribution in [1.82, 2.24) is 0 Å². The Morgan fingerprint density at radius 1 is 1.38 bits per heavy atom. The predicted octanol–water partition coefficient (Wildman–Crippen LogP) is 2.87. The van der Waals surface area contributed by atoms with Gasteiger partial charge in [-0.25, -0.2) is 0 Å². The van der Waals surface area contributed by atoms with Crippen molar-refractivity contribution in [3.63, 3.8) is 0 Å². The maximum atomic E-state index is 12.1. The predicted molar refractivity (Wildman–Crippen MR) is 49.6 cm³/mol. The molecule has 3 nitrogen and oxygen atoms in total. The Kier molecular flexibility index (Phi) is 4.00. The van der Waals surface area contributed by atoms with Gasteiger partial charge in [0.25, 0.3) is 0 Å². The summed E-state index contributed by atoms with van der Waals surface area (Å²) in [7, 11) is 0. The summed E-state index contributed by atoms with van der Waals surface area (Å²) in [5.74, 6) is -0.609. The third kappa shape index (κ3) is 3.30. The molecule has 0 aromatic heterocycles. The number of benzene rings is 1. The molecule has 0 unspecified atom stereocenters. The van der Waals surface area contributed by atoms with E-state index < -0.39 is 12.1 Å². The van der Waals surface area contributed by atoms with Crippen molar-refractivity contribution in [2.45, 2.75) is 13.3 Å². The zero-order chi connectivity index (χ0) is 12.2. The van der Waals surface area contributed by atoms with E-state index >= 15 is 0 Å². The third-order valence-electron chi connectivity index (χ3n) is 1.67. The molecular formula is C10H10F3O3. The fraction of sp³-hybridized carbons (Fsp3) is 0.300. The highest BCUT2D eigenvalue weighted by atomic mass is 19.4. The molecule has 6 heteroatoms. The van der Waals surface area contributed by atoms with Crippen LogP contribution in [-0.2, 0) is 0 Å². The summed E-state index contributed by atoms with van der Waals surface area (Å²) >= 11 is 0. The minimum atomic E-state index is -4.83. The van der Waals surface area contributed by atoms with E-state index in [1.807, 2.05) is 0 Å². The van der Waals surface area contributed by atoms with Crippen LogP contribution in [0, 0.1) is 6.61 Å². The van der Waals surface area contributed by atoms with Crippen LogP contribution in [0.3, 0.4) is 0 Å². The van der Waals surface area contributed by atoms with Gasteiger partial charge in [0.2, 0.25) is 0 Å². The SMILES string of the molecule is CCOc1cccc([CH]O)c1OC(F)(F)F. The molecule has 1 aromatic rings. The molecule has 0 saturated carbocycles. The Morgan fingerprint density at radius 3 is 2.56 bits per heavy atom. The molecule has 0 spiro atoms. The molecule has 1 rings (SSSR count). The lowest BCUT2D eigenvalue weighted by Crippen LogP contribution is -2.18. The molecule has 0 bridgehead atoms. The van der Waals surface area contributed by atoms with Crippen LogP contribution in [-0.4, -0.2) is 18.1 Å². The van der Waals surface area contributed by atoms with Gasteiger partial charge in [-0.3, -0.25) is 0 Å². The molecule has 1 radical (unpaired) electrons. The van der Waals surface area contributed by atoms with Gasteiger partial charge in [-0.1, -0.05) is 12.1 Å². The number of hydrogen-bond acceptors (Lipinski definition) is 3. The summed E-state index contributed by atoms with van der Waals surface area (Å²) in [6.45, 7) is 2.36. The fourth-order valence-electron chi connectivity index (χ4n) is 1.13. The van der Waals surface area contributed by atoms with Crippen LogP contribution in [0.25, 0.3) is 0 Å². The Morgan fingerprint density at radius 2 is 2.06 bits per heavy atom. The van der Waals surface area contributed by atoms with E-state index in [0.717, 1.165) is 0 Å². The molecule has 0 saturated heterocycles. The van der Waals surface area contributed by atoms with Gasteiger partial charge in [0.1, 0.15) is 6.61 Å². The van der Waals surface area contributed by atoms with Gasteiger partial charge in [0.15, 0.2) is 11.5 Å². The Balaban J connectivity index is 3.09. The van der Waals surface area contributed by atoms with Crippen LogP contribution in [0.1, 0.15) is 12.5 Å². The molecule has 0 heterocycles. The maximum Gasteiger partial charge on any atom is 0.573 e. The normalized spacial score (nSPS) is 11.3. The van der Waals surface area contributed by atoms with Gasteiger partial charge in [-0.15, -0.1) is 13.2 Å². The van der Waals surface area contributed by atoms with E-state index in [9.17, 15) is 13.2 Å². The van der Waals surface area contributed by atoms with Gasteiger partial charge >= 0.3 is 6.36 Å². The summed E-state index contributed by atoms with van der Waals surface area (Å²) in [6, 6.07) is 4.07. The van der Waals surface area contributed by atoms with Crippen LogP contribution in [0.4, 0.5) is 13.2 Å². The second-order valence-electron chi connectivity index (χ2n) is 2.78. The highest BCUT2D eigenvalue weighted by Gasteiger charge is 2.33. The molecule has 0 aliphatic rings. The topological polar surface area (TPSA) is 38.7 Å². The van der Waals surface area contributed by atoms with Crippen molar-refractivity contribution in [3.8, 4) is 11.5 Å². The Bertz CT molecular complexity index is 350. The molecule has 0 fully saturated rings. The van der Waals surface area contributed by atoms with Crippen molar-refractivity contribution in [1.29, 1.82) is 0 Å². The van der Waals surface area contributed by atoms with E-state index in [-0.39, 0.29) is 17.9 Å². The first-order valence-corrected chi connectivity index (χ1v) is 4.47. The second-order valence-corrected chi connectivity index (χ2v) is 2.78. The quantitative estimate of drug-likeness (QED) is 0.872. The number of aliphatic hydroxyl groups is 1. The van der Waals surface area contributed by atoms with Crippen LogP contribution < -0.4 is 9.47 Å². The van der Waals surface area contributed by atoms with Gasteiger partial charge < -0.3 is 14.6 Å². The number of hydrogen-bond donors (Lipinski definition) is 1. The average molecular weight is 235 g/mol. The van der Waals surface area contributed by atoms with Gasteiger partial charge in [0.05, 0.1) is 6.61 Å². The summed E-state index contributed by atoms with van der Waals surface area (Å²) in [4.78, 5) is 0. The van der Waals surface area contributed by atoms with Crippen LogP contribution in [0.5, 0.6) is 11.5 Å². The van der Waals surface area contributed by atoms with Gasteiger partial charge in [-0.05, 0) is 13.0 Å². The standard InChI is InChI=1S/C10H10F3O3/c1-2-15-8-5-3-4-7(6-14)9(8)16-10(11,12)13/h3-6,14H,2H2,1H3. The number of alkyl halides is 3. The minimum Gasteiger partial charge on any atom is -0.490 e. The first kappa shape index (κ1) is 12.6. The highest BCUT2D eigenvalue weighted by Crippen LogP contribution is 2.35. The molecule has 89 valence electrons. The Labute approximate surface area is 90.4 Å². The molecule has 1 N–H and O–H groups in total. The van der Waals surface area contributed by atoms with E-state index in [0.29, 0.717) is 6.61 Å². The average Bonchev–Trinajstić information content (AvgIpc) is 2.19.